The number of nitro groups is 1. The number of nitro benzene ring substituents is 1. The monoisotopic (exact) mass is 303 g/mol. The highest BCUT2D eigenvalue weighted by molar-refractivity contribution is 5.89. The van der Waals surface area contributed by atoms with Crippen LogP contribution in [0.4, 0.5) is 5.69 Å². The van der Waals surface area contributed by atoms with Crippen molar-refractivity contribution in [2.75, 3.05) is 0 Å². The molecule has 0 saturated heterocycles. The average Bonchev–Trinajstić information content (AvgIpc) is 2.80. The molecule has 0 aliphatic heterocycles. The molecule has 0 aromatic heterocycles. The number of esters is 1. The summed E-state index contributed by atoms with van der Waals surface area (Å²) in [5.41, 5.74) is 0.556. The molecule has 22 heavy (non-hydrogen) atoms. The highest BCUT2D eigenvalue weighted by Crippen LogP contribution is 2.66. The Morgan fingerprint density at radius 3 is 2.36 bits per heavy atom. The van der Waals surface area contributed by atoms with E-state index in [-0.39, 0.29) is 28.6 Å². The Morgan fingerprint density at radius 1 is 1.27 bits per heavy atom. The summed E-state index contributed by atoms with van der Waals surface area (Å²) in [5, 5.41) is 10.7. The summed E-state index contributed by atoms with van der Waals surface area (Å²) >= 11 is 0. The first kappa shape index (κ1) is 15.0. The van der Waals surface area contributed by atoms with Gasteiger partial charge in [0.25, 0.3) is 5.69 Å². The first-order chi connectivity index (χ1) is 10.3. The number of hydrogen-bond donors (Lipinski definition) is 0. The lowest BCUT2D eigenvalue weighted by Gasteiger charge is -2.38. The summed E-state index contributed by atoms with van der Waals surface area (Å²) < 4.78 is 5.76. The second kappa shape index (κ2) is 4.80. The molecule has 1 aromatic carbocycles. The minimum absolute atomic E-state index is 0.0219. The van der Waals surface area contributed by atoms with Gasteiger partial charge in [0.2, 0.25) is 0 Å². The van der Waals surface area contributed by atoms with E-state index in [1.807, 2.05) is 0 Å². The Bertz CT molecular complexity index is 622. The van der Waals surface area contributed by atoms with Crippen molar-refractivity contribution in [3.63, 3.8) is 0 Å². The molecule has 0 amide bonds. The van der Waals surface area contributed by atoms with Gasteiger partial charge in [-0.15, -0.1) is 0 Å². The number of ether oxygens (including phenoxy) is 1. The summed E-state index contributed by atoms with van der Waals surface area (Å²) in [6.07, 6.45) is 3.14. The third-order valence-corrected chi connectivity index (χ3v) is 6.28. The van der Waals surface area contributed by atoms with Crippen LogP contribution in [0.15, 0.2) is 24.3 Å². The molecule has 2 fully saturated rings. The van der Waals surface area contributed by atoms with E-state index in [0.717, 1.165) is 12.8 Å². The molecule has 5 nitrogen and oxygen atoms in total. The lowest BCUT2D eigenvalue weighted by molar-refractivity contribution is -0.384. The molecule has 118 valence electrons. The minimum atomic E-state index is -0.478. The Labute approximate surface area is 129 Å². The maximum absolute atomic E-state index is 12.3. The van der Waals surface area contributed by atoms with Gasteiger partial charge in [-0.3, -0.25) is 10.1 Å². The van der Waals surface area contributed by atoms with E-state index >= 15 is 0 Å². The molecule has 0 heterocycles. The predicted octanol–water partition coefficient (Wildman–Crippen LogP) is 3.97. The molecule has 0 unspecified atom stereocenters. The first-order valence-electron chi connectivity index (χ1n) is 7.71. The quantitative estimate of drug-likeness (QED) is 0.481. The molecule has 2 aliphatic carbocycles. The van der Waals surface area contributed by atoms with Crippen molar-refractivity contribution in [1.29, 1.82) is 0 Å². The Morgan fingerprint density at radius 2 is 1.91 bits per heavy atom. The SMILES string of the molecule is CC1(C)[C@H]2CC[C@]1(C)[C@@H](OC(=O)c1ccc([N+](=O)[O-])cc1)C2. The maximum atomic E-state index is 12.3. The maximum Gasteiger partial charge on any atom is 0.338 e. The van der Waals surface area contributed by atoms with Crippen molar-refractivity contribution in [2.45, 2.75) is 46.1 Å². The number of non-ortho nitro benzene ring substituents is 1. The van der Waals surface area contributed by atoms with Crippen LogP contribution in [0.2, 0.25) is 0 Å². The first-order valence-corrected chi connectivity index (χ1v) is 7.71. The number of benzene rings is 1. The molecule has 0 radical (unpaired) electrons. The molecule has 1 aromatic rings. The van der Waals surface area contributed by atoms with E-state index < -0.39 is 4.92 Å². The van der Waals surface area contributed by atoms with Crippen LogP contribution in [-0.4, -0.2) is 17.0 Å². The topological polar surface area (TPSA) is 69.4 Å². The van der Waals surface area contributed by atoms with Gasteiger partial charge in [-0.1, -0.05) is 20.8 Å². The van der Waals surface area contributed by atoms with Gasteiger partial charge >= 0.3 is 5.97 Å². The fourth-order valence-electron chi connectivity index (χ4n) is 4.22. The zero-order chi connectivity index (χ0) is 16.1. The molecule has 3 rings (SSSR count). The van der Waals surface area contributed by atoms with Gasteiger partial charge in [0.05, 0.1) is 10.5 Å². The van der Waals surface area contributed by atoms with Gasteiger partial charge in [-0.25, -0.2) is 4.79 Å². The van der Waals surface area contributed by atoms with E-state index in [0.29, 0.717) is 11.5 Å². The Hall–Kier alpha value is -1.91. The summed E-state index contributed by atoms with van der Waals surface area (Å²) in [6.45, 7) is 6.75. The standard InChI is InChI=1S/C17H21NO4/c1-16(2)12-8-9-17(16,3)14(10-12)22-15(19)11-4-6-13(7-5-11)18(20)21/h4-7,12,14H,8-10H2,1-3H3/t12-,14-,17+/m0/s1. The van der Waals surface area contributed by atoms with Gasteiger partial charge in [0.1, 0.15) is 6.10 Å². The second-order valence-corrected chi connectivity index (χ2v) is 7.31. The molecule has 2 aliphatic rings. The molecule has 0 N–H and O–H groups in total. The van der Waals surface area contributed by atoms with Crippen LogP contribution < -0.4 is 0 Å². The van der Waals surface area contributed by atoms with Crippen LogP contribution in [0, 0.1) is 26.9 Å². The predicted molar refractivity (Wildman–Crippen MR) is 81.5 cm³/mol. The Balaban J connectivity index is 1.74. The largest absolute Gasteiger partial charge is 0.458 e. The molecule has 5 heteroatoms. The summed E-state index contributed by atoms with van der Waals surface area (Å²) in [5.74, 6) is 0.219. The van der Waals surface area contributed by atoms with Crippen LogP contribution in [0.1, 0.15) is 50.4 Å². The van der Waals surface area contributed by atoms with Gasteiger partial charge in [0.15, 0.2) is 0 Å². The highest BCUT2D eigenvalue weighted by Gasteiger charge is 2.62. The normalized spacial score (nSPS) is 32.0. The highest BCUT2D eigenvalue weighted by atomic mass is 16.6. The zero-order valence-electron chi connectivity index (χ0n) is 13.2. The zero-order valence-corrected chi connectivity index (χ0v) is 13.2. The molecular weight excluding hydrogens is 282 g/mol. The van der Waals surface area contributed by atoms with Crippen molar-refractivity contribution < 1.29 is 14.5 Å². The lowest BCUT2D eigenvalue weighted by Crippen LogP contribution is -2.38. The van der Waals surface area contributed by atoms with Gasteiger partial charge in [0, 0.05) is 17.5 Å². The number of carbonyl (C=O) groups is 1. The lowest BCUT2D eigenvalue weighted by atomic mass is 9.70. The van der Waals surface area contributed by atoms with Crippen LogP contribution in [-0.2, 0) is 4.74 Å². The van der Waals surface area contributed by atoms with Crippen LogP contribution in [0.5, 0.6) is 0 Å². The third kappa shape index (κ3) is 2.02. The third-order valence-electron chi connectivity index (χ3n) is 6.28. The van der Waals surface area contributed by atoms with Gasteiger partial charge in [-0.05, 0) is 42.7 Å². The van der Waals surface area contributed by atoms with Crippen molar-refractivity contribution in [3.05, 3.63) is 39.9 Å². The number of hydrogen-bond acceptors (Lipinski definition) is 4. The van der Waals surface area contributed by atoms with Crippen molar-refractivity contribution >= 4 is 11.7 Å². The summed E-state index contributed by atoms with van der Waals surface area (Å²) in [6, 6.07) is 5.59. The number of nitrogens with zero attached hydrogens (tertiary/aromatic N) is 1. The minimum Gasteiger partial charge on any atom is -0.458 e. The molecular formula is C17H21NO4. The van der Waals surface area contributed by atoms with Crippen LogP contribution in [0.3, 0.4) is 0 Å². The van der Waals surface area contributed by atoms with E-state index in [9.17, 15) is 14.9 Å². The van der Waals surface area contributed by atoms with Crippen LogP contribution >= 0.6 is 0 Å². The van der Waals surface area contributed by atoms with E-state index in [4.69, 9.17) is 4.74 Å². The van der Waals surface area contributed by atoms with E-state index in [2.05, 4.69) is 20.8 Å². The fourth-order valence-corrected chi connectivity index (χ4v) is 4.22. The van der Waals surface area contributed by atoms with E-state index in [1.165, 1.54) is 30.7 Å². The van der Waals surface area contributed by atoms with Crippen molar-refractivity contribution in [1.82, 2.24) is 0 Å². The number of fused-ring (bicyclic) bond motifs is 2. The molecule has 3 atom stereocenters. The fraction of sp³-hybridized carbons (Fsp3) is 0.588. The molecule has 0 spiro atoms. The Kier molecular flexibility index (Phi) is 3.27. The number of carbonyl (C=O) groups excluding carboxylic acids is 1. The smallest absolute Gasteiger partial charge is 0.338 e. The van der Waals surface area contributed by atoms with Gasteiger partial charge < -0.3 is 4.74 Å². The van der Waals surface area contributed by atoms with Crippen molar-refractivity contribution in [2.24, 2.45) is 16.7 Å². The van der Waals surface area contributed by atoms with Crippen molar-refractivity contribution in [3.8, 4) is 0 Å². The second-order valence-electron chi connectivity index (χ2n) is 7.31. The number of rotatable bonds is 3. The van der Waals surface area contributed by atoms with Crippen LogP contribution in [0.25, 0.3) is 0 Å². The van der Waals surface area contributed by atoms with E-state index in [1.54, 1.807) is 0 Å². The summed E-state index contributed by atoms with van der Waals surface area (Å²) in [4.78, 5) is 22.5. The molecule has 2 saturated carbocycles. The molecule has 2 bridgehead atoms. The average molecular weight is 303 g/mol. The van der Waals surface area contributed by atoms with Gasteiger partial charge in [-0.2, -0.15) is 0 Å². The summed E-state index contributed by atoms with van der Waals surface area (Å²) in [7, 11) is 0.